The van der Waals surface area contributed by atoms with Crippen molar-refractivity contribution in [3.8, 4) is 0 Å². The minimum Gasteiger partial charge on any atom is -0.481 e. The fourth-order valence-corrected chi connectivity index (χ4v) is 3.93. The van der Waals surface area contributed by atoms with Crippen LogP contribution < -0.4 is 0 Å². The molecule has 0 aromatic carbocycles. The zero-order valence-electron chi connectivity index (χ0n) is 12.6. The van der Waals surface area contributed by atoms with E-state index in [1.165, 1.54) is 11.1 Å². The van der Waals surface area contributed by atoms with Gasteiger partial charge in [-0.2, -0.15) is 11.3 Å². The molecule has 3 heterocycles. The lowest BCUT2D eigenvalue weighted by molar-refractivity contribution is -0.143. The standard InChI is InChI=1S/C17H20N2O2S/c1-12-9-18-6-4-15(12)16(14-5-8-22-11-14)19-7-2-3-13(10-19)17(20)21/h4-6,8-9,11,13,16H,2-3,7,10H2,1H3,(H,20,21). The molecule has 5 heteroatoms. The fraction of sp³-hybridized carbons (Fsp3) is 0.412. The number of nitrogens with zero attached hydrogens (tertiary/aromatic N) is 2. The molecule has 1 N–H and O–H groups in total. The number of thiophene rings is 1. The van der Waals surface area contributed by atoms with Crippen LogP contribution in [0.3, 0.4) is 0 Å². The molecule has 2 unspecified atom stereocenters. The van der Waals surface area contributed by atoms with E-state index in [4.69, 9.17) is 0 Å². The van der Waals surface area contributed by atoms with E-state index >= 15 is 0 Å². The van der Waals surface area contributed by atoms with Gasteiger partial charge in [0.2, 0.25) is 0 Å². The minimum atomic E-state index is -0.680. The first-order chi connectivity index (χ1) is 10.7. The van der Waals surface area contributed by atoms with Crippen LogP contribution in [0.15, 0.2) is 35.3 Å². The molecule has 0 saturated carbocycles. The highest BCUT2D eigenvalue weighted by atomic mass is 32.1. The molecule has 2 aromatic heterocycles. The number of aryl methyl sites for hydroxylation is 1. The Bertz CT molecular complexity index is 642. The monoisotopic (exact) mass is 316 g/mol. The van der Waals surface area contributed by atoms with Crippen molar-refractivity contribution in [1.82, 2.24) is 9.88 Å². The van der Waals surface area contributed by atoms with Crippen molar-refractivity contribution in [3.05, 3.63) is 52.0 Å². The van der Waals surface area contributed by atoms with Crippen molar-refractivity contribution >= 4 is 17.3 Å². The Labute approximate surface area is 134 Å². The highest BCUT2D eigenvalue weighted by Gasteiger charge is 2.31. The van der Waals surface area contributed by atoms with Crippen molar-refractivity contribution in [2.24, 2.45) is 5.92 Å². The summed E-state index contributed by atoms with van der Waals surface area (Å²) >= 11 is 1.68. The van der Waals surface area contributed by atoms with Crippen LogP contribution in [0.5, 0.6) is 0 Å². The number of carboxylic acids is 1. The summed E-state index contributed by atoms with van der Waals surface area (Å²) in [5.74, 6) is -0.947. The van der Waals surface area contributed by atoms with Gasteiger partial charge in [0, 0.05) is 18.9 Å². The number of pyridine rings is 1. The highest BCUT2D eigenvalue weighted by molar-refractivity contribution is 7.08. The molecule has 2 atom stereocenters. The van der Waals surface area contributed by atoms with E-state index in [9.17, 15) is 9.90 Å². The zero-order chi connectivity index (χ0) is 15.5. The third kappa shape index (κ3) is 3.05. The molecule has 0 radical (unpaired) electrons. The average Bonchev–Trinajstić information content (AvgIpc) is 3.04. The number of carbonyl (C=O) groups is 1. The first-order valence-corrected chi connectivity index (χ1v) is 8.50. The Morgan fingerprint density at radius 1 is 1.50 bits per heavy atom. The maximum atomic E-state index is 11.4. The maximum Gasteiger partial charge on any atom is 0.307 e. The second kappa shape index (κ2) is 6.58. The summed E-state index contributed by atoms with van der Waals surface area (Å²) in [4.78, 5) is 17.9. The second-order valence-electron chi connectivity index (χ2n) is 5.86. The number of likely N-dealkylation sites (tertiary alicyclic amines) is 1. The summed E-state index contributed by atoms with van der Waals surface area (Å²) in [7, 11) is 0. The van der Waals surface area contributed by atoms with Gasteiger partial charge in [-0.3, -0.25) is 14.7 Å². The summed E-state index contributed by atoms with van der Waals surface area (Å²) in [6, 6.07) is 4.32. The molecule has 1 aliphatic heterocycles. The van der Waals surface area contributed by atoms with Crippen LogP contribution >= 0.6 is 11.3 Å². The molecule has 1 aliphatic rings. The van der Waals surface area contributed by atoms with Crippen molar-refractivity contribution in [2.45, 2.75) is 25.8 Å². The van der Waals surface area contributed by atoms with E-state index in [1.807, 2.05) is 12.4 Å². The van der Waals surface area contributed by atoms with Crippen LogP contribution in [0.2, 0.25) is 0 Å². The van der Waals surface area contributed by atoms with Crippen LogP contribution in [0.1, 0.15) is 35.6 Å². The summed E-state index contributed by atoms with van der Waals surface area (Å²) < 4.78 is 0. The number of hydrogen-bond acceptors (Lipinski definition) is 4. The van der Waals surface area contributed by atoms with Crippen LogP contribution in [-0.4, -0.2) is 34.0 Å². The van der Waals surface area contributed by atoms with Crippen molar-refractivity contribution < 1.29 is 9.90 Å². The minimum absolute atomic E-state index is 0.122. The molecule has 0 aliphatic carbocycles. The van der Waals surface area contributed by atoms with Gasteiger partial charge in [0.15, 0.2) is 0 Å². The van der Waals surface area contributed by atoms with E-state index in [0.717, 1.165) is 24.9 Å². The number of rotatable bonds is 4. The first kappa shape index (κ1) is 15.2. The lowest BCUT2D eigenvalue weighted by atomic mass is 9.91. The molecule has 0 amide bonds. The predicted molar refractivity (Wildman–Crippen MR) is 87.1 cm³/mol. The molecule has 1 saturated heterocycles. The Morgan fingerprint density at radius 2 is 2.36 bits per heavy atom. The lowest BCUT2D eigenvalue weighted by Gasteiger charge is -2.37. The Kier molecular flexibility index (Phi) is 4.55. The fourth-order valence-electron chi connectivity index (χ4n) is 3.25. The second-order valence-corrected chi connectivity index (χ2v) is 6.64. The lowest BCUT2D eigenvalue weighted by Crippen LogP contribution is -2.41. The van der Waals surface area contributed by atoms with Crippen molar-refractivity contribution in [2.75, 3.05) is 13.1 Å². The van der Waals surface area contributed by atoms with Gasteiger partial charge >= 0.3 is 5.97 Å². The van der Waals surface area contributed by atoms with E-state index in [1.54, 1.807) is 11.3 Å². The average molecular weight is 316 g/mol. The number of hydrogen-bond donors (Lipinski definition) is 1. The summed E-state index contributed by atoms with van der Waals surface area (Å²) in [5, 5.41) is 13.6. The Balaban J connectivity index is 1.96. The molecule has 0 spiro atoms. The normalized spacial score (nSPS) is 20.7. The van der Waals surface area contributed by atoms with Gasteiger partial charge in [-0.15, -0.1) is 0 Å². The SMILES string of the molecule is Cc1cnccc1C(c1ccsc1)N1CCCC(C(=O)O)C1. The van der Waals surface area contributed by atoms with E-state index in [0.29, 0.717) is 6.54 Å². The maximum absolute atomic E-state index is 11.4. The predicted octanol–water partition coefficient (Wildman–Crippen LogP) is 3.34. The third-order valence-electron chi connectivity index (χ3n) is 4.38. The van der Waals surface area contributed by atoms with Gasteiger partial charge in [0.05, 0.1) is 12.0 Å². The number of piperidine rings is 1. The summed E-state index contributed by atoms with van der Waals surface area (Å²) in [5.41, 5.74) is 3.61. The number of aromatic nitrogens is 1. The highest BCUT2D eigenvalue weighted by Crippen LogP contribution is 2.34. The molecule has 1 fully saturated rings. The molecule has 4 nitrogen and oxygen atoms in total. The number of carboxylic acid groups (broad SMARTS) is 1. The molecular weight excluding hydrogens is 296 g/mol. The molecule has 116 valence electrons. The molecule has 22 heavy (non-hydrogen) atoms. The summed E-state index contributed by atoms with van der Waals surface area (Å²) in [6.07, 6.45) is 5.41. The van der Waals surface area contributed by atoms with E-state index in [2.05, 4.69) is 39.7 Å². The van der Waals surface area contributed by atoms with Crippen LogP contribution in [-0.2, 0) is 4.79 Å². The summed E-state index contributed by atoms with van der Waals surface area (Å²) in [6.45, 7) is 3.62. The van der Waals surface area contributed by atoms with Crippen molar-refractivity contribution in [1.29, 1.82) is 0 Å². The zero-order valence-corrected chi connectivity index (χ0v) is 13.4. The smallest absolute Gasteiger partial charge is 0.307 e. The molecule has 0 bridgehead atoms. The molecular formula is C17H20N2O2S. The van der Waals surface area contributed by atoms with Gasteiger partial charge in [-0.25, -0.2) is 0 Å². The van der Waals surface area contributed by atoms with Gasteiger partial charge in [-0.1, -0.05) is 0 Å². The van der Waals surface area contributed by atoms with Gasteiger partial charge in [0.25, 0.3) is 0 Å². The van der Waals surface area contributed by atoms with E-state index < -0.39 is 5.97 Å². The topological polar surface area (TPSA) is 53.4 Å². The van der Waals surface area contributed by atoms with E-state index in [-0.39, 0.29) is 12.0 Å². The Hall–Kier alpha value is -1.72. The Morgan fingerprint density at radius 3 is 3.05 bits per heavy atom. The third-order valence-corrected chi connectivity index (χ3v) is 5.09. The number of aliphatic carboxylic acids is 1. The van der Waals surface area contributed by atoms with Crippen LogP contribution in [0.25, 0.3) is 0 Å². The van der Waals surface area contributed by atoms with Gasteiger partial charge in [-0.05, 0) is 65.9 Å². The molecule has 2 aromatic rings. The van der Waals surface area contributed by atoms with Crippen LogP contribution in [0, 0.1) is 12.8 Å². The van der Waals surface area contributed by atoms with Crippen LogP contribution in [0.4, 0.5) is 0 Å². The van der Waals surface area contributed by atoms with Gasteiger partial charge < -0.3 is 5.11 Å². The van der Waals surface area contributed by atoms with Crippen molar-refractivity contribution in [3.63, 3.8) is 0 Å². The largest absolute Gasteiger partial charge is 0.481 e. The van der Waals surface area contributed by atoms with Gasteiger partial charge in [0.1, 0.15) is 0 Å². The first-order valence-electron chi connectivity index (χ1n) is 7.56. The molecule has 3 rings (SSSR count). The quantitative estimate of drug-likeness (QED) is 0.940.